The van der Waals surface area contributed by atoms with Crippen LogP contribution in [0.2, 0.25) is 5.02 Å². The van der Waals surface area contributed by atoms with Gasteiger partial charge in [-0.25, -0.2) is 10.3 Å². The van der Waals surface area contributed by atoms with Gasteiger partial charge in [-0.15, -0.1) is 0 Å². The van der Waals surface area contributed by atoms with E-state index in [1.165, 1.54) is 6.07 Å². The van der Waals surface area contributed by atoms with Crippen molar-refractivity contribution in [2.24, 2.45) is 5.90 Å². The van der Waals surface area contributed by atoms with Crippen LogP contribution < -0.4 is 15.4 Å². The molecular formula is C9H9ClFNO3. The lowest BCUT2D eigenvalue weighted by Crippen LogP contribution is -2.18. The first-order valence-electron chi connectivity index (χ1n) is 4.32. The van der Waals surface area contributed by atoms with Crippen molar-refractivity contribution in [3.05, 3.63) is 22.5 Å². The largest absolute Gasteiger partial charge is 0.486 e. The molecule has 0 aliphatic carbocycles. The first-order valence-corrected chi connectivity index (χ1v) is 4.70. The molecule has 6 heteroatoms. The second kappa shape index (κ2) is 4.22. The summed E-state index contributed by atoms with van der Waals surface area (Å²) >= 11 is 5.68. The van der Waals surface area contributed by atoms with Gasteiger partial charge in [0.05, 0.1) is 17.2 Å². The Hall–Kier alpha value is -1.04. The normalized spacial score (nSPS) is 14.1. The summed E-state index contributed by atoms with van der Waals surface area (Å²) in [6.45, 7) is 0.668. The van der Waals surface area contributed by atoms with Gasteiger partial charge < -0.3 is 9.47 Å². The molecule has 0 aromatic heterocycles. The lowest BCUT2D eigenvalue weighted by molar-refractivity contribution is 0.112. The van der Waals surface area contributed by atoms with Crippen LogP contribution in [0, 0.1) is 5.82 Å². The number of halogens is 2. The Morgan fingerprint density at radius 1 is 1.47 bits per heavy atom. The molecule has 1 aliphatic rings. The van der Waals surface area contributed by atoms with E-state index in [0.717, 1.165) is 0 Å². The van der Waals surface area contributed by atoms with Crippen LogP contribution >= 0.6 is 11.6 Å². The highest BCUT2D eigenvalue weighted by atomic mass is 35.5. The Morgan fingerprint density at radius 3 is 2.93 bits per heavy atom. The van der Waals surface area contributed by atoms with Crippen LogP contribution in [0.1, 0.15) is 5.56 Å². The molecule has 0 saturated heterocycles. The minimum absolute atomic E-state index is 0.0358. The fourth-order valence-electron chi connectivity index (χ4n) is 1.41. The standard InChI is InChI=1S/C9H9ClFNO3/c10-6-3-7-9(14-2-1-13-7)5(4-15-12)8(6)11/h3H,1-2,4,12H2. The van der Waals surface area contributed by atoms with Crippen molar-refractivity contribution in [3.63, 3.8) is 0 Å². The number of ether oxygens (including phenoxy) is 2. The monoisotopic (exact) mass is 233 g/mol. The lowest BCUT2D eigenvalue weighted by Gasteiger charge is -2.21. The van der Waals surface area contributed by atoms with Crippen molar-refractivity contribution in [1.29, 1.82) is 0 Å². The third-order valence-corrected chi connectivity index (χ3v) is 2.32. The molecule has 1 heterocycles. The fourth-order valence-corrected chi connectivity index (χ4v) is 1.62. The Kier molecular flexibility index (Phi) is 2.95. The predicted octanol–water partition coefficient (Wildman–Crippen LogP) is 1.64. The van der Waals surface area contributed by atoms with Crippen LogP contribution in [0.15, 0.2) is 6.07 Å². The van der Waals surface area contributed by atoms with Crippen LogP contribution in [0.5, 0.6) is 11.5 Å². The van der Waals surface area contributed by atoms with Gasteiger partial charge in [0, 0.05) is 6.07 Å². The average Bonchev–Trinajstić information content (AvgIpc) is 2.25. The number of rotatable bonds is 2. The third kappa shape index (κ3) is 1.86. The zero-order chi connectivity index (χ0) is 10.8. The summed E-state index contributed by atoms with van der Waals surface area (Å²) in [7, 11) is 0. The minimum atomic E-state index is -0.591. The first kappa shape index (κ1) is 10.5. The highest BCUT2D eigenvalue weighted by Crippen LogP contribution is 2.39. The van der Waals surface area contributed by atoms with E-state index in [4.69, 9.17) is 27.0 Å². The highest BCUT2D eigenvalue weighted by Gasteiger charge is 2.22. The molecule has 0 atom stereocenters. The number of fused-ring (bicyclic) bond motifs is 1. The number of hydrogen-bond acceptors (Lipinski definition) is 4. The van der Waals surface area contributed by atoms with E-state index in [-0.39, 0.29) is 17.2 Å². The molecule has 2 rings (SSSR count). The van der Waals surface area contributed by atoms with Gasteiger partial charge in [-0.3, -0.25) is 4.84 Å². The molecule has 0 unspecified atom stereocenters. The van der Waals surface area contributed by atoms with Crippen LogP contribution in [-0.4, -0.2) is 13.2 Å². The zero-order valence-electron chi connectivity index (χ0n) is 7.76. The van der Waals surface area contributed by atoms with Crippen molar-refractivity contribution in [3.8, 4) is 11.5 Å². The summed E-state index contributed by atoms with van der Waals surface area (Å²) in [4.78, 5) is 4.40. The van der Waals surface area contributed by atoms with Gasteiger partial charge >= 0.3 is 0 Å². The fraction of sp³-hybridized carbons (Fsp3) is 0.333. The molecule has 15 heavy (non-hydrogen) atoms. The zero-order valence-corrected chi connectivity index (χ0v) is 8.51. The van der Waals surface area contributed by atoms with Crippen molar-refractivity contribution in [2.75, 3.05) is 13.2 Å². The number of nitrogens with two attached hydrogens (primary N) is 1. The Morgan fingerprint density at radius 2 is 2.20 bits per heavy atom. The van der Waals surface area contributed by atoms with E-state index in [0.29, 0.717) is 24.7 Å². The average molecular weight is 234 g/mol. The molecule has 1 aromatic carbocycles. The van der Waals surface area contributed by atoms with E-state index in [1.807, 2.05) is 0 Å². The second-order valence-corrected chi connectivity index (χ2v) is 3.39. The van der Waals surface area contributed by atoms with E-state index in [1.54, 1.807) is 0 Å². The van der Waals surface area contributed by atoms with E-state index in [2.05, 4.69) is 4.84 Å². The Balaban J connectivity index is 2.52. The van der Waals surface area contributed by atoms with Crippen LogP contribution in [0.3, 0.4) is 0 Å². The molecule has 0 amide bonds. The van der Waals surface area contributed by atoms with Gasteiger partial charge in [0.2, 0.25) is 0 Å². The SMILES string of the molecule is NOCc1c(F)c(Cl)cc2c1OCCO2. The van der Waals surface area contributed by atoms with Crippen molar-refractivity contribution in [1.82, 2.24) is 0 Å². The molecule has 0 spiro atoms. The molecular weight excluding hydrogens is 225 g/mol. The summed E-state index contributed by atoms with van der Waals surface area (Å²) < 4.78 is 24.1. The van der Waals surface area contributed by atoms with Gasteiger partial charge in [0.15, 0.2) is 17.3 Å². The third-order valence-electron chi connectivity index (χ3n) is 2.05. The van der Waals surface area contributed by atoms with Crippen LogP contribution in [0.4, 0.5) is 4.39 Å². The van der Waals surface area contributed by atoms with Crippen LogP contribution in [0.25, 0.3) is 0 Å². The number of hydrogen-bond donors (Lipinski definition) is 1. The molecule has 4 nitrogen and oxygen atoms in total. The molecule has 2 N–H and O–H groups in total. The van der Waals surface area contributed by atoms with Gasteiger partial charge in [-0.1, -0.05) is 11.6 Å². The van der Waals surface area contributed by atoms with Crippen LogP contribution in [-0.2, 0) is 11.4 Å². The minimum Gasteiger partial charge on any atom is -0.486 e. The summed E-state index contributed by atoms with van der Waals surface area (Å²) in [6, 6.07) is 1.38. The molecule has 1 aliphatic heterocycles. The summed E-state index contributed by atoms with van der Waals surface area (Å²) in [5.41, 5.74) is 0.180. The molecule has 0 fully saturated rings. The number of benzene rings is 1. The summed E-state index contributed by atoms with van der Waals surface area (Å²) in [6.07, 6.45) is 0. The molecule has 82 valence electrons. The molecule has 0 bridgehead atoms. The Bertz CT molecular complexity index is 386. The maximum atomic E-state index is 13.6. The molecule has 0 saturated carbocycles. The maximum Gasteiger partial charge on any atom is 0.170 e. The first-order chi connectivity index (χ1) is 7.24. The van der Waals surface area contributed by atoms with Gasteiger partial charge in [0.1, 0.15) is 13.2 Å². The van der Waals surface area contributed by atoms with E-state index in [9.17, 15) is 4.39 Å². The smallest absolute Gasteiger partial charge is 0.170 e. The summed E-state index contributed by atoms with van der Waals surface area (Å²) in [5, 5.41) is -0.0358. The van der Waals surface area contributed by atoms with E-state index >= 15 is 0 Å². The maximum absolute atomic E-state index is 13.6. The van der Waals surface area contributed by atoms with Gasteiger partial charge in [0.25, 0.3) is 0 Å². The predicted molar refractivity (Wildman–Crippen MR) is 51.4 cm³/mol. The van der Waals surface area contributed by atoms with Gasteiger partial charge in [-0.2, -0.15) is 0 Å². The topological polar surface area (TPSA) is 53.7 Å². The molecule has 0 radical (unpaired) electrons. The van der Waals surface area contributed by atoms with Crippen molar-refractivity contribution in [2.45, 2.75) is 6.61 Å². The van der Waals surface area contributed by atoms with Gasteiger partial charge in [-0.05, 0) is 0 Å². The quantitative estimate of drug-likeness (QED) is 0.789. The van der Waals surface area contributed by atoms with E-state index < -0.39 is 5.82 Å². The lowest BCUT2D eigenvalue weighted by atomic mass is 10.1. The Labute approximate surface area is 90.6 Å². The molecule has 1 aromatic rings. The van der Waals surface area contributed by atoms with Crippen molar-refractivity contribution < 1.29 is 18.7 Å². The second-order valence-electron chi connectivity index (χ2n) is 2.99. The highest BCUT2D eigenvalue weighted by molar-refractivity contribution is 6.31. The van der Waals surface area contributed by atoms with Crippen molar-refractivity contribution >= 4 is 11.6 Å². The summed E-state index contributed by atoms with van der Waals surface area (Å²) in [5.74, 6) is 5.05.